The second-order valence-corrected chi connectivity index (χ2v) is 9.08. The number of hydrogen-bond acceptors (Lipinski definition) is 6. The van der Waals surface area contributed by atoms with E-state index in [2.05, 4.69) is 35.8 Å². The normalized spacial score (nSPS) is 20.9. The highest BCUT2D eigenvalue weighted by Crippen LogP contribution is 2.48. The topological polar surface area (TPSA) is 65.5 Å². The lowest BCUT2D eigenvalue weighted by Gasteiger charge is -2.51. The van der Waals surface area contributed by atoms with Crippen LogP contribution in [0.15, 0.2) is 30.6 Å². The van der Waals surface area contributed by atoms with Crippen molar-refractivity contribution in [3.05, 3.63) is 47.5 Å². The summed E-state index contributed by atoms with van der Waals surface area (Å²) in [5.41, 5.74) is 2.82. The summed E-state index contributed by atoms with van der Waals surface area (Å²) in [5.74, 6) is 1.47. The Kier molecular flexibility index (Phi) is 5.02. The minimum atomic E-state index is 0.0631. The number of amides is 1. The fraction of sp³-hybridized carbons (Fsp3) is 0.545. The summed E-state index contributed by atoms with van der Waals surface area (Å²) in [6.07, 6.45) is 3.56. The molecule has 4 heterocycles. The second-order valence-electron chi connectivity index (χ2n) is 9.08. The second kappa shape index (κ2) is 7.37. The van der Waals surface area contributed by atoms with E-state index in [-0.39, 0.29) is 11.3 Å². The molecule has 0 aromatic carbocycles. The first-order valence-corrected chi connectivity index (χ1v) is 10.2. The van der Waals surface area contributed by atoms with Crippen molar-refractivity contribution in [3.63, 3.8) is 0 Å². The van der Waals surface area contributed by atoms with Gasteiger partial charge in [-0.25, -0.2) is 9.97 Å². The van der Waals surface area contributed by atoms with E-state index in [4.69, 9.17) is 4.98 Å². The molecule has 0 saturated carbocycles. The molecule has 0 radical (unpaired) electrons. The molecule has 2 aromatic rings. The SMILES string of the molecule is CC(C)c1ccc(C(=O)N2CC3(CN(C)CC3c3ccnc(N(C)C)n3)C2)cn1. The van der Waals surface area contributed by atoms with E-state index in [0.29, 0.717) is 17.4 Å². The van der Waals surface area contributed by atoms with Gasteiger partial charge in [-0.3, -0.25) is 9.78 Å². The van der Waals surface area contributed by atoms with Gasteiger partial charge in [0, 0.05) is 69.7 Å². The standard InChI is InChI=1S/C22H30N6O/c1-15(2)18-7-6-16(10-24-18)20(29)28-13-22(14-28)12-27(5)11-17(22)19-8-9-23-21(25-19)26(3)4/h6-10,15,17H,11-14H2,1-5H3. The van der Waals surface area contributed by atoms with Crippen LogP contribution in [-0.4, -0.2) is 78.0 Å². The summed E-state index contributed by atoms with van der Waals surface area (Å²) in [4.78, 5) is 32.8. The molecule has 1 amide bonds. The molecule has 2 fully saturated rings. The van der Waals surface area contributed by atoms with Crippen LogP contribution in [0.1, 0.15) is 47.4 Å². The molecule has 0 aliphatic carbocycles. The van der Waals surface area contributed by atoms with Crippen molar-refractivity contribution < 1.29 is 4.79 Å². The third-order valence-corrected chi connectivity index (χ3v) is 6.16. The summed E-state index contributed by atoms with van der Waals surface area (Å²) >= 11 is 0. The lowest BCUT2D eigenvalue weighted by molar-refractivity contribution is 0.00351. The first kappa shape index (κ1) is 19.8. The Morgan fingerprint density at radius 1 is 1.17 bits per heavy atom. The maximum absolute atomic E-state index is 13.0. The van der Waals surface area contributed by atoms with E-state index < -0.39 is 0 Å². The van der Waals surface area contributed by atoms with Crippen LogP contribution in [0.2, 0.25) is 0 Å². The minimum Gasteiger partial charge on any atom is -0.347 e. The molecule has 0 N–H and O–H groups in total. The molecule has 2 aliphatic rings. The van der Waals surface area contributed by atoms with Crippen LogP contribution in [0.25, 0.3) is 0 Å². The van der Waals surface area contributed by atoms with Gasteiger partial charge in [0.1, 0.15) is 0 Å². The third kappa shape index (κ3) is 3.59. The number of rotatable bonds is 4. The van der Waals surface area contributed by atoms with Crippen LogP contribution in [0.3, 0.4) is 0 Å². The van der Waals surface area contributed by atoms with Gasteiger partial charge in [-0.05, 0) is 31.2 Å². The molecule has 154 valence electrons. The number of anilines is 1. The summed E-state index contributed by atoms with van der Waals surface area (Å²) < 4.78 is 0. The zero-order valence-electron chi connectivity index (χ0n) is 18.0. The number of carbonyl (C=O) groups is 1. The number of likely N-dealkylation sites (N-methyl/N-ethyl adjacent to an activating group) is 1. The van der Waals surface area contributed by atoms with Crippen molar-refractivity contribution in [1.29, 1.82) is 0 Å². The predicted octanol–water partition coefficient (Wildman–Crippen LogP) is 2.23. The zero-order valence-corrected chi connectivity index (χ0v) is 18.0. The number of aromatic nitrogens is 3. The van der Waals surface area contributed by atoms with Gasteiger partial charge in [-0.15, -0.1) is 0 Å². The van der Waals surface area contributed by atoms with Gasteiger partial charge in [-0.2, -0.15) is 0 Å². The molecule has 1 spiro atoms. The Morgan fingerprint density at radius 2 is 1.93 bits per heavy atom. The molecule has 7 heteroatoms. The highest BCUT2D eigenvalue weighted by molar-refractivity contribution is 5.94. The predicted molar refractivity (Wildman–Crippen MR) is 113 cm³/mol. The lowest BCUT2D eigenvalue weighted by Crippen LogP contribution is -2.61. The largest absolute Gasteiger partial charge is 0.347 e. The van der Waals surface area contributed by atoms with Gasteiger partial charge in [0.2, 0.25) is 5.95 Å². The van der Waals surface area contributed by atoms with Crippen LogP contribution >= 0.6 is 0 Å². The maximum Gasteiger partial charge on any atom is 0.255 e. The molecule has 0 bridgehead atoms. The summed E-state index contributed by atoms with van der Waals surface area (Å²) in [5, 5.41) is 0. The first-order valence-electron chi connectivity index (χ1n) is 10.2. The fourth-order valence-corrected chi connectivity index (χ4v) is 4.63. The molecule has 2 aromatic heterocycles. The smallest absolute Gasteiger partial charge is 0.255 e. The highest BCUT2D eigenvalue weighted by Gasteiger charge is 2.55. The van der Waals surface area contributed by atoms with Crippen LogP contribution in [0.4, 0.5) is 5.95 Å². The lowest BCUT2D eigenvalue weighted by atomic mass is 9.70. The number of hydrogen-bond donors (Lipinski definition) is 0. The molecular formula is C22H30N6O. The summed E-state index contributed by atoms with van der Waals surface area (Å²) in [7, 11) is 6.06. The molecule has 2 saturated heterocycles. The van der Waals surface area contributed by atoms with E-state index >= 15 is 0 Å². The average molecular weight is 395 g/mol. The Hall–Kier alpha value is -2.54. The van der Waals surface area contributed by atoms with Crippen LogP contribution in [0, 0.1) is 5.41 Å². The van der Waals surface area contributed by atoms with Crippen molar-refractivity contribution in [2.75, 3.05) is 52.2 Å². The average Bonchev–Trinajstić information content (AvgIpc) is 3.04. The number of likely N-dealkylation sites (tertiary alicyclic amines) is 2. The Bertz CT molecular complexity index is 888. The molecule has 29 heavy (non-hydrogen) atoms. The molecular weight excluding hydrogens is 364 g/mol. The number of nitrogens with zero attached hydrogens (tertiary/aromatic N) is 6. The van der Waals surface area contributed by atoms with E-state index in [1.807, 2.05) is 48.3 Å². The van der Waals surface area contributed by atoms with Crippen molar-refractivity contribution in [3.8, 4) is 0 Å². The van der Waals surface area contributed by atoms with Crippen molar-refractivity contribution >= 4 is 11.9 Å². The van der Waals surface area contributed by atoms with Crippen LogP contribution in [-0.2, 0) is 0 Å². The number of pyridine rings is 1. The quantitative estimate of drug-likeness (QED) is 0.792. The summed E-state index contributed by atoms with van der Waals surface area (Å²) in [6.45, 7) is 7.66. The third-order valence-electron chi connectivity index (χ3n) is 6.16. The van der Waals surface area contributed by atoms with Gasteiger partial charge in [-0.1, -0.05) is 13.8 Å². The maximum atomic E-state index is 13.0. The van der Waals surface area contributed by atoms with Crippen molar-refractivity contribution in [2.45, 2.75) is 25.7 Å². The van der Waals surface area contributed by atoms with Crippen molar-refractivity contribution in [2.24, 2.45) is 5.41 Å². The molecule has 7 nitrogen and oxygen atoms in total. The van der Waals surface area contributed by atoms with E-state index in [9.17, 15) is 4.79 Å². The molecule has 4 rings (SSSR count). The zero-order chi connectivity index (χ0) is 20.8. The molecule has 2 aliphatic heterocycles. The van der Waals surface area contributed by atoms with Gasteiger partial charge >= 0.3 is 0 Å². The summed E-state index contributed by atoms with van der Waals surface area (Å²) in [6, 6.07) is 5.89. The Labute approximate surface area is 172 Å². The molecule has 1 unspecified atom stereocenters. The van der Waals surface area contributed by atoms with Gasteiger partial charge < -0.3 is 14.7 Å². The van der Waals surface area contributed by atoms with E-state index in [1.165, 1.54) is 0 Å². The van der Waals surface area contributed by atoms with Gasteiger partial charge in [0.15, 0.2) is 0 Å². The first-order chi connectivity index (χ1) is 13.8. The van der Waals surface area contributed by atoms with Gasteiger partial charge in [0.25, 0.3) is 5.91 Å². The molecule has 1 atom stereocenters. The van der Waals surface area contributed by atoms with E-state index in [1.54, 1.807) is 6.20 Å². The van der Waals surface area contributed by atoms with Crippen LogP contribution < -0.4 is 4.90 Å². The Balaban J connectivity index is 1.51. The van der Waals surface area contributed by atoms with E-state index in [0.717, 1.165) is 43.5 Å². The minimum absolute atomic E-state index is 0.0631. The monoisotopic (exact) mass is 394 g/mol. The number of carbonyl (C=O) groups excluding carboxylic acids is 1. The van der Waals surface area contributed by atoms with Gasteiger partial charge in [0.05, 0.1) is 11.3 Å². The van der Waals surface area contributed by atoms with Crippen LogP contribution in [0.5, 0.6) is 0 Å². The fourth-order valence-electron chi connectivity index (χ4n) is 4.63. The Morgan fingerprint density at radius 3 is 2.55 bits per heavy atom. The highest BCUT2D eigenvalue weighted by atomic mass is 16.2. The van der Waals surface area contributed by atoms with Crippen molar-refractivity contribution in [1.82, 2.24) is 24.8 Å².